The first kappa shape index (κ1) is 13.6. The molecule has 4 nitrogen and oxygen atoms in total. The lowest BCUT2D eigenvalue weighted by atomic mass is 10.1. The van der Waals surface area contributed by atoms with E-state index in [0.717, 1.165) is 10.6 Å². The zero-order chi connectivity index (χ0) is 13.2. The van der Waals surface area contributed by atoms with Crippen LogP contribution in [-0.2, 0) is 22.5 Å². The van der Waals surface area contributed by atoms with E-state index in [1.165, 1.54) is 20.2 Å². The molecule has 0 bridgehead atoms. The third-order valence-corrected chi connectivity index (χ3v) is 2.23. The molecule has 0 unspecified atom stereocenters. The SMILES string of the molecule is CCOC(=O)C(F)(F)c1cc(Cl)cn(C)c1=O. The molecule has 0 radical (unpaired) electrons. The fourth-order valence-corrected chi connectivity index (χ4v) is 1.48. The van der Waals surface area contributed by atoms with E-state index in [-0.39, 0.29) is 11.6 Å². The minimum atomic E-state index is -4.00. The molecule has 0 saturated heterocycles. The number of carbonyl (C=O) groups excluding carboxylic acids is 1. The molecule has 0 saturated carbocycles. The van der Waals surface area contributed by atoms with Gasteiger partial charge in [-0.25, -0.2) is 4.79 Å². The Morgan fingerprint density at radius 1 is 1.59 bits per heavy atom. The highest BCUT2D eigenvalue weighted by atomic mass is 35.5. The van der Waals surface area contributed by atoms with Crippen LogP contribution >= 0.6 is 11.6 Å². The van der Waals surface area contributed by atoms with E-state index in [0.29, 0.717) is 0 Å². The number of ether oxygens (including phenoxy) is 1. The predicted molar refractivity (Wildman–Crippen MR) is 57.2 cm³/mol. The number of pyridine rings is 1. The van der Waals surface area contributed by atoms with Crippen LogP contribution in [0.5, 0.6) is 0 Å². The second-order valence-corrected chi connectivity index (χ2v) is 3.72. The molecule has 0 aliphatic rings. The molecule has 7 heteroatoms. The van der Waals surface area contributed by atoms with Crippen LogP contribution in [0.15, 0.2) is 17.1 Å². The number of aromatic nitrogens is 1. The Labute approximate surface area is 101 Å². The van der Waals surface area contributed by atoms with E-state index in [2.05, 4.69) is 4.74 Å². The number of esters is 1. The maximum atomic E-state index is 13.6. The lowest BCUT2D eigenvalue weighted by Crippen LogP contribution is -2.36. The average molecular weight is 266 g/mol. The Morgan fingerprint density at radius 3 is 2.71 bits per heavy atom. The third kappa shape index (κ3) is 2.63. The molecule has 0 aliphatic heterocycles. The number of aryl methyl sites for hydroxylation is 1. The van der Waals surface area contributed by atoms with Crippen molar-refractivity contribution in [2.24, 2.45) is 7.05 Å². The number of rotatable bonds is 3. The minimum Gasteiger partial charge on any atom is -0.461 e. The molecule has 0 spiro atoms. The Kier molecular flexibility index (Phi) is 3.87. The van der Waals surface area contributed by atoms with Crippen molar-refractivity contribution in [1.29, 1.82) is 0 Å². The van der Waals surface area contributed by atoms with Gasteiger partial charge in [0.2, 0.25) is 0 Å². The van der Waals surface area contributed by atoms with Gasteiger partial charge in [0.25, 0.3) is 5.56 Å². The second kappa shape index (κ2) is 4.83. The largest absolute Gasteiger partial charge is 0.461 e. The summed E-state index contributed by atoms with van der Waals surface area (Å²) in [5.74, 6) is -5.77. The molecule has 0 amide bonds. The van der Waals surface area contributed by atoms with Gasteiger partial charge in [-0.05, 0) is 13.0 Å². The summed E-state index contributed by atoms with van der Waals surface area (Å²) in [7, 11) is 1.26. The predicted octanol–water partition coefficient (Wildman–Crippen LogP) is 1.69. The molecule has 1 heterocycles. The highest BCUT2D eigenvalue weighted by Crippen LogP contribution is 2.28. The number of carbonyl (C=O) groups is 1. The van der Waals surface area contributed by atoms with Gasteiger partial charge in [-0.2, -0.15) is 8.78 Å². The summed E-state index contributed by atoms with van der Waals surface area (Å²) >= 11 is 5.56. The number of alkyl halides is 2. The first-order chi connectivity index (χ1) is 7.80. The van der Waals surface area contributed by atoms with Crippen LogP contribution in [0.1, 0.15) is 12.5 Å². The standard InChI is InChI=1S/C10H10ClF2NO3/c1-3-17-9(16)10(12,13)7-4-6(11)5-14(2)8(7)15/h4-5H,3H2,1-2H3. The van der Waals surface area contributed by atoms with Crippen molar-refractivity contribution in [2.75, 3.05) is 6.61 Å². The second-order valence-electron chi connectivity index (χ2n) is 3.28. The van der Waals surface area contributed by atoms with Gasteiger partial charge >= 0.3 is 11.9 Å². The maximum Gasteiger partial charge on any atom is 0.382 e. The summed E-state index contributed by atoms with van der Waals surface area (Å²) in [6.07, 6.45) is 1.18. The van der Waals surface area contributed by atoms with Gasteiger partial charge in [-0.15, -0.1) is 0 Å². The topological polar surface area (TPSA) is 48.3 Å². The van der Waals surface area contributed by atoms with E-state index in [1.54, 1.807) is 0 Å². The van der Waals surface area contributed by atoms with Crippen LogP contribution in [0.25, 0.3) is 0 Å². The van der Waals surface area contributed by atoms with Crippen molar-refractivity contribution in [3.8, 4) is 0 Å². The minimum absolute atomic E-state index is 0.0638. The number of hydrogen-bond acceptors (Lipinski definition) is 3. The zero-order valence-electron chi connectivity index (χ0n) is 9.17. The molecule has 0 atom stereocenters. The van der Waals surface area contributed by atoms with Crippen molar-refractivity contribution >= 4 is 17.6 Å². The van der Waals surface area contributed by atoms with E-state index in [4.69, 9.17) is 11.6 Å². The highest BCUT2D eigenvalue weighted by molar-refractivity contribution is 6.30. The Morgan fingerprint density at radius 2 is 2.18 bits per heavy atom. The average Bonchev–Trinajstić information content (AvgIpc) is 2.23. The Balaban J connectivity index is 3.33. The van der Waals surface area contributed by atoms with Crippen LogP contribution in [0.2, 0.25) is 5.02 Å². The summed E-state index contributed by atoms with van der Waals surface area (Å²) in [5, 5.41) is -0.0638. The Bertz CT molecular complexity index is 499. The maximum absolute atomic E-state index is 13.6. The van der Waals surface area contributed by atoms with Crippen molar-refractivity contribution in [3.63, 3.8) is 0 Å². The van der Waals surface area contributed by atoms with Crippen LogP contribution in [0.3, 0.4) is 0 Å². The van der Waals surface area contributed by atoms with E-state index < -0.39 is 23.0 Å². The summed E-state index contributed by atoms with van der Waals surface area (Å²) in [6.45, 7) is 1.19. The van der Waals surface area contributed by atoms with E-state index in [9.17, 15) is 18.4 Å². The van der Waals surface area contributed by atoms with Gasteiger partial charge in [0.15, 0.2) is 0 Å². The summed E-state index contributed by atoms with van der Waals surface area (Å²) < 4.78 is 32.3. The number of nitrogens with zero attached hydrogens (tertiary/aromatic N) is 1. The normalized spacial score (nSPS) is 11.4. The summed E-state index contributed by atoms with van der Waals surface area (Å²) in [6, 6.07) is 0.765. The van der Waals surface area contributed by atoms with Gasteiger partial charge in [0.05, 0.1) is 17.2 Å². The van der Waals surface area contributed by atoms with Crippen molar-refractivity contribution in [2.45, 2.75) is 12.8 Å². The molecule has 0 aromatic carbocycles. The summed E-state index contributed by atoms with van der Waals surface area (Å²) in [4.78, 5) is 22.6. The molecule has 17 heavy (non-hydrogen) atoms. The van der Waals surface area contributed by atoms with Crippen LogP contribution < -0.4 is 5.56 Å². The smallest absolute Gasteiger partial charge is 0.382 e. The zero-order valence-corrected chi connectivity index (χ0v) is 9.92. The third-order valence-electron chi connectivity index (χ3n) is 2.02. The van der Waals surface area contributed by atoms with Gasteiger partial charge < -0.3 is 9.30 Å². The lowest BCUT2D eigenvalue weighted by Gasteiger charge is -2.15. The van der Waals surface area contributed by atoms with Crippen LogP contribution in [0, 0.1) is 0 Å². The van der Waals surface area contributed by atoms with Gasteiger partial charge in [-0.1, -0.05) is 11.6 Å². The molecule has 0 fully saturated rings. The van der Waals surface area contributed by atoms with Crippen molar-refractivity contribution < 1.29 is 18.3 Å². The quantitative estimate of drug-likeness (QED) is 0.782. The molecule has 0 N–H and O–H groups in total. The fraction of sp³-hybridized carbons (Fsp3) is 0.400. The summed E-state index contributed by atoms with van der Waals surface area (Å²) in [5.41, 5.74) is -1.99. The first-order valence-corrected chi connectivity index (χ1v) is 5.10. The van der Waals surface area contributed by atoms with Crippen molar-refractivity contribution in [3.05, 3.63) is 33.2 Å². The lowest BCUT2D eigenvalue weighted by molar-refractivity contribution is -0.173. The molecular weight excluding hydrogens is 256 g/mol. The van der Waals surface area contributed by atoms with E-state index >= 15 is 0 Å². The van der Waals surface area contributed by atoms with Gasteiger partial charge in [0, 0.05) is 13.2 Å². The van der Waals surface area contributed by atoms with Gasteiger partial charge in [-0.3, -0.25) is 4.79 Å². The molecule has 94 valence electrons. The highest BCUT2D eigenvalue weighted by Gasteiger charge is 2.45. The van der Waals surface area contributed by atoms with Crippen LogP contribution in [-0.4, -0.2) is 17.1 Å². The monoisotopic (exact) mass is 265 g/mol. The van der Waals surface area contributed by atoms with E-state index in [1.807, 2.05) is 0 Å². The molecular formula is C10H10ClF2NO3. The van der Waals surface area contributed by atoms with Crippen LogP contribution in [0.4, 0.5) is 8.78 Å². The van der Waals surface area contributed by atoms with Gasteiger partial charge in [0.1, 0.15) is 0 Å². The fourth-order valence-electron chi connectivity index (χ4n) is 1.23. The molecule has 1 aromatic rings. The number of hydrogen-bond donors (Lipinski definition) is 0. The molecule has 1 aromatic heterocycles. The number of halogens is 3. The molecule has 0 aliphatic carbocycles. The van der Waals surface area contributed by atoms with Crippen molar-refractivity contribution in [1.82, 2.24) is 4.57 Å². The Hall–Kier alpha value is -1.43. The first-order valence-electron chi connectivity index (χ1n) is 4.72. The molecule has 1 rings (SSSR count).